The summed E-state index contributed by atoms with van der Waals surface area (Å²) >= 11 is 0. The van der Waals surface area contributed by atoms with Gasteiger partial charge in [0.05, 0.1) is 11.0 Å². The molecule has 3 rings (SSSR count). The molecule has 1 unspecified atom stereocenters. The van der Waals surface area contributed by atoms with Crippen LogP contribution in [0.25, 0.3) is 0 Å². The van der Waals surface area contributed by atoms with Crippen molar-refractivity contribution in [2.45, 2.75) is 32.0 Å². The second kappa shape index (κ2) is 8.18. The third-order valence-corrected chi connectivity index (χ3v) is 4.33. The molecule has 0 N–H and O–H groups in total. The molecule has 1 aliphatic rings. The fourth-order valence-electron chi connectivity index (χ4n) is 3.14. The van der Waals surface area contributed by atoms with E-state index in [0.29, 0.717) is 13.1 Å². The van der Waals surface area contributed by atoms with Gasteiger partial charge in [0.25, 0.3) is 5.69 Å². The molecule has 0 spiro atoms. The number of ether oxygens (including phenoxy) is 1. The first-order chi connectivity index (χ1) is 12.1. The van der Waals surface area contributed by atoms with E-state index in [1.54, 1.807) is 24.3 Å². The summed E-state index contributed by atoms with van der Waals surface area (Å²) in [6.45, 7) is 2.78. The van der Waals surface area contributed by atoms with Crippen LogP contribution in [0.4, 0.5) is 10.1 Å². The Morgan fingerprint density at radius 1 is 1.16 bits per heavy atom. The van der Waals surface area contributed by atoms with Crippen molar-refractivity contribution in [3.63, 3.8) is 0 Å². The van der Waals surface area contributed by atoms with Gasteiger partial charge in [-0.25, -0.2) is 4.39 Å². The SMILES string of the molecule is O=[N+]([O-])c1ccc(CN(Cc2cccc(F)c2)CC2CCCO2)cc1. The molecule has 0 aliphatic carbocycles. The molecule has 1 fully saturated rings. The molecule has 132 valence electrons. The van der Waals surface area contributed by atoms with Crippen LogP contribution in [0.2, 0.25) is 0 Å². The monoisotopic (exact) mass is 344 g/mol. The van der Waals surface area contributed by atoms with Crippen molar-refractivity contribution in [3.8, 4) is 0 Å². The Morgan fingerprint density at radius 3 is 2.56 bits per heavy atom. The van der Waals surface area contributed by atoms with Crippen molar-refractivity contribution >= 4 is 5.69 Å². The number of rotatable bonds is 7. The topological polar surface area (TPSA) is 55.6 Å². The van der Waals surface area contributed by atoms with E-state index in [2.05, 4.69) is 4.90 Å². The molecule has 1 heterocycles. The van der Waals surface area contributed by atoms with E-state index in [4.69, 9.17) is 4.74 Å². The summed E-state index contributed by atoms with van der Waals surface area (Å²) in [5.41, 5.74) is 1.97. The van der Waals surface area contributed by atoms with Gasteiger partial charge >= 0.3 is 0 Å². The third kappa shape index (κ3) is 5.08. The summed E-state index contributed by atoms with van der Waals surface area (Å²) < 4.78 is 19.2. The highest BCUT2D eigenvalue weighted by Crippen LogP contribution is 2.19. The molecule has 0 saturated carbocycles. The number of nitrogens with zero attached hydrogens (tertiary/aromatic N) is 2. The van der Waals surface area contributed by atoms with Crippen LogP contribution < -0.4 is 0 Å². The predicted molar refractivity (Wildman–Crippen MR) is 92.6 cm³/mol. The molecule has 25 heavy (non-hydrogen) atoms. The fourth-order valence-corrected chi connectivity index (χ4v) is 3.14. The fraction of sp³-hybridized carbons (Fsp3) is 0.368. The van der Waals surface area contributed by atoms with Crippen LogP contribution in [0.15, 0.2) is 48.5 Å². The minimum absolute atomic E-state index is 0.0829. The van der Waals surface area contributed by atoms with Crippen LogP contribution in [0.1, 0.15) is 24.0 Å². The van der Waals surface area contributed by atoms with Crippen LogP contribution in [0, 0.1) is 15.9 Å². The van der Waals surface area contributed by atoms with Crippen LogP contribution in [-0.4, -0.2) is 29.1 Å². The minimum atomic E-state index is -0.402. The Hall–Kier alpha value is -2.31. The standard InChI is InChI=1S/C19H21FN2O3/c20-17-4-1-3-16(11-17)13-21(14-19-5-2-10-25-19)12-15-6-8-18(9-7-15)22(23)24/h1,3-4,6-9,11,19H,2,5,10,12-14H2. The van der Waals surface area contributed by atoms with Crippen LogP contribution >= 0.6 is 0 Å². The normalized spacial score (nSPS) is 17.1. The maximum Gasteiger partial charge on any atom is 0.269 e. The summed E-state index contributed by atoms with van der Waals surface area (Å²) in [5, 5.41) is 10.8. The van der Waals surface area contributed by atoms with Gasteiger partial charge in [-0.05, 0) is 36.1 Å². The maximum atomic E-state index is 13.5. The molecule has 6 heteroatoms. The minimum Gasteiger partial charge on any atom is -0.377 e. The molecule has 1 atom stereocenters. The zero-order valence-electron chi connectivity index (χ0n) is 13.9. The number of hydrogen-bond donors (Lipinski definition) is 0. The predicted octanol–water partition coefficient (Wildman–Crippen LogP) is 3.92. The molecule has 0 aromatic heterocycles. The smallest absolute Gasteiger partial charge is 0.269 e. The number of hydrogen-bond acceptors (Lipinski definition) is 4. The maximum absolute atomic E-state index is 13.5. The van der Waals surface area contributed by atoms with Crippen LogP contribution in [-0.2, 0) is 17.8 Å². The summed E-state index contributed by atoms with van der Waals surface area (Å²) in [7, 11) is 0. The van der Waals surface area contributed by atoms with Crippen LogP contribution in [0.3, 0.4) is 0 Å². The highest BCUT2D eigenvalue weighted by Gasteiger charge is 2.20. The quantitative estimate of drug-likeness (QED) is 0.564. The molecule has 2 aromatic carbocycles. The van der Waals surface area contributed by atoms with E-state index >= 15 is 0 Å². The summed E-state index contributed by atoms with van der Waals surface area (Å²) in [4.78, 5) is 12.6. The first-order valence-corrected chi connectivity index (χ1v) is 8.42. The molecule has 1 saturated heterocycles. The van der Waals surface area contributed by atoms with Gasteiger partial charge in [0.2, 0.25) is 0 Å². The third-order valence-electron chi connectivity index (χ3n) is 4.33. The summed E-state index contributed by atoms with van der Waals surface area (Å²) in [5.74, 6) is -0.245. The average Bonchev–Trinajstić information content (AvgIpc) is 3.08. The molecule has 2 aromatic rings. The Balaban J connectivity index is 1.71. The number of non-ortho nitro benzene ring substituents is 1. The van der Waals surface area contributed by atoms with Crippen molar-refractivity contribution in [1.82, 2.24) is 4.90 Å². The number of nitro benzene ring substituents is 1. The van der Waals surface area contributed by atoms with E-state index in [-0.39, 0.29) is 17.6 Å². The lowest BCUT2D eigenvalue weighted by molar-refractivity contribution is -0.384. The van der Waals surface area contributed by atoms with Gasteiger partial charge in [0, 0.05) is 38.4 Å². The lowest BCUT2D eigenvalue weighted by Gasteiger charge is -2.25. The molecule has 1 aliphatic heterocycles. The van der Waals surface area contributed by atoms with Gasteiger partial charge < -0.3 is 4.74 Å². The second-order valence-corrected chi connectivity index (χ2v) is 6.36. The zero-order chi connectivity index (χ0) is 17.6. The van der Waals surface area contributed by atoms with Crippen molar-refractivity contribution in [3.05, 3.63) is 75.6 Å². The van der Waals surface area contributed by atoms with E-state index in [1.165, 1.54) is 18.2 Å². The number of nitro groups is 1. The van der Waals surface area contributed by atoms with E-state index < -0.39 is 4.92 Å². The Bertz CT molecular complexity index is 715. The lowest BCUT2D eigenvalue weighted by atomic mass is 10.1. The van der Waals surface area contributed by atoms with Crippen molar-refractivity contribution in [1.29, 1.82) is 0 Å². The van der Waals surface area contributed by atoms with Gasteiger partial charge in [0.1, 0.15) is 5.82 Å². The first-order valence-electron chi connectivity index (χ1n) is 8.42. The number of benzene rings is 2. The molecule has 0 amide bonds. The molecule has 0 radical (unpaired) electrons. The molecular weight excluding hydrogens is 323 g/mol. The largest absolute Gasteiger partial charge is 0.377 e. The Labute approximate surface area is 146 Å². The lowest BCUT2D eigenvalue weighted by Crippen LogP contribution is -2.31. The Kier molecular flexibility index (Phi) is 5.73. The van der Waals surface area contributed by atoms with E-state index in [0.717, 1.165) is 37.1 Å². The Morgan fingerprint density at radius 2 is 1.92 bits per heavy atom. The summed E-state index contributed by atoms with van der Waals surface area (Å²) in [6.07, 6.45) is 2.28. The van der Waals surface area contributed by atoms with Crippen LogP contribution in [0.5, 0.6) is 0 Å². The highest BCUT2D eigenvalue weighted by molar-refractivity contribution is 5.32. The van der Waals surface area contributed by atoms with Crippen molar-refractivity contribution in [2.75, 3.05) is 13.2 Å². The first kappa shape index (κ1) is 17.5. The highest BCUT2D eigenvalue weighted by atomic mass is 19.1. The van der Waals surface area contributed by atoms with Gasteiger partial charge in [-0.15, -0.1) is 0 Å². The molecular formula is C19H21FN2O3. The van der Waals surface area contributed by atoms with Crippen molar-refractivity contribution < 1.29 is 14.1 Å². The molecule has 5 nitrogen and oxygen atoms in total. The van der Waals surface area contributed by atoms with Gasteiger partial charge in [-0.2, -0.15) is 0 Å². The van der Waals surface area contributed by atoms with Gasteiger partial charge in [-0.1, -0.05) is 24.3 Å². The van der Waals surface area contributed by atoms with Gasteiger partial charge in [0.15, 0.2) is 0 Å². The van der Waals surface area contributed by atoms with E-state index in [1.807, 2.05) is 6.07 Å². The number of halogens is 1. The summed E-state index contributed by atoms with van der Waals surface area (Å²) in [6, 6.07) is 13.2. The zero-order valence-corrected chi connectivity index (χ0v) is 13.9. The average molecular weight is 344 g/mol. The van der Waals surface area contributed by atoms with Gasteiger partial charge in [-0.3, -0.25) is 15.0 Å². The van der Waals surface area contributed by atoms with Crippen molar-refractivity contribution in [2.24, 2.45) is 0 Å². The second-order valence-electron chi connectivity index (χ2n) is 6.36. The molecule has 0 bridgehead atoms. The van der Waals surface area contributed by atoms with E-state index in [9.17, 15) is 14.5 Å².